The highest BCUT2D eigenvalue weighted by Gasteiger charge is 2.17. The molecule has 0 N–H and O–H groups in total. The van der Waals surface area contributed by atoms with E-state index in [-0.39, 0.29) is 5.69 Å². The maximum absolute atomic E-state index is 11.1. The molecule has 0 fully saturated rings. The zero-order valence-electron chi connectivity index (χ0n) is 13.6. The number of halogens is 1. The molecular formula is C18H16BrN3O3. The number of hydrogen-bond acceptors (Lipinski definition) is 4. The number of ether oxygens (including phenoxy) is 1. The normalized spacial score (nSPS) is 10.6. The fourth-order valence-corrected chi connectivity index (χ4v) is 3.02. The fourth-order valence-electron chi connectivity index (χ4n) is 2.57. The first kappa shape index (κ1) is 17.2. The van der Waals surface area contributed by atoms with E-state index in [1.165, 1.54) is 17.7 Å². The van der Waals surface area contributed by atoms with Gasteiger partial charge in [0.2, 0.25) is 0 Å². The van der Waals surface area contributed by atoms with Crippen LogP contribution in [0.15, 0.2) is 59.2 Å². The van der Waals surface area contributed by atoms with Crippen LogP contribution in [0.2, 0.25) is 0 Å². The lowest BCUT2D eigenvalue weighted by Gasteiger charge is -2.12. The van der Waals surface area contributed by atoms with Crippen LogP contribution < -0.4 is 4.74 Å². The van der Waals surface area contributed by atoms with Gasteiger partial charge in [0.15, 0.2) is 0 Å². The Morgan fingerprint density at radius 3 is 2.60 bits per heavy atom. The average Bonchev–Trinajstić information content (AvgIpc) is 2.94. The second-order valence-electron chi connectivity index (χ2n) is 5.50. The van der Waals surface area contributed by atoms with Crippen LogP contribution in [0.1, 0.15) is 5.56 Å². The lowest BCUT2D eigenvalue weighted by molar-refractivity contribution is -0.384. The van der Waals surface area contributed by atoms with Gasteiger partial charge in [0.25, 0.3) is 5.69 Å². The molecule has 6 nitrogen and oxygen atoms in total. The molecule has 0 aliphatic carbocycles. The molecule has 0 aliphatic heterocycles. The number of nitrogens with zero attached hydrogens (tertiary/aromatic N) is 3. The van der Waals surface area contributed by atoms with Crippen molar-refractivity contribution in [1.82, 2.24) is 9.78 Å². The zero-order chi connectivity index (χ0) is 17.8. The summed E-state index contributed by atoms with van der Waals surface area (Å²) >= 11 is 3.33. The van der Waals surface area contributed by atoms with E-state index in [0.717, 1.165) is 12.1 Å². The van der Waals surface area contributed by atoms with Gasteiger partial charge in [-0.05, 0) is 33.6 Å². The number of non-ortho nitro benzene ring substituents is 1. The monoisotopic (exact) mass is 401 g/mol. The molecule has 1 aromatic heterocycles. The predicted octanol–water partition coefficient (Wildman–Crippen LogP) is 4.38. The maximum Gasteiger partial charge on any atom is 0.270 e. The van der Waals surface area contributed by atoms with E-state index < -0.39 is 4.92 Å². The van der Waals surface area contributed by atoms with Crippen molar-refractivity contribution in [2.45, 2.75) is 6.42 Å². The van der Waals surface area contributed by atoms with Gasteiger partial charge in [0.05, 0.1) is 17.2 Å². The largest absolute Gasteiger partial charge is 0.493 e. The second-order valence-corrected chi connectivity index (χ2v) is 6.31. The van der Waals surface area contributed by atoms with Crippen molar-refractivity contribution in [2.24, 2.45) is 7.05 Å². The van der Waals surface area contributed by atoms with Crippen molar-refractivity contribution < 1.29 is 9.66 Å². The standard InChI is InChI=1S/C18H16BrN3O3/c1-21-16(12-18(19)20-21)15-11-14(22(23)24)7-8-17(15)25-10-9-13-5-3-2-4-6-13/h2-8,11-12H,9-10H2,1H3. The van der Waals surface area contributed by atoms with Crippen molar-refractivity contribution in [1.29, 1.82) is 0 Å². The Bertz CT molecular complexity index is 894. The average molecular weight is 402 g/mol. The van der Waals surface area contributed by atoms with Crippen LogP contribution in [0.25, 0.3) is 11.3 Å². The number of benzene rings is 2. The minimum absolute atomic E-state index is 0.0164. The molecule has 0 bridgehead atoms. The summed E-state index contributed by atoms with van der Waals surface area (Å²) in [5.74, 6) is 0.594. The van der Waals surface area contributed by atoms with Crippen molar-refractivity contribution in [3.05, 3.63) is 74.9 Å². The Hall–Kier alpha value is -2.67. The van der Waals surface area contributed by atoms with Crippen LogP contribution in [0.3, 0.4) is 0 Å². The number of hydrogen-bond donors (Lipinski definition) is 0. The van der Waals surface area contributed by atoms with Gasteiger partial charge in [-0.25, -0.2) is 0 Å². The molecule has 1 heterocycles. The summed E-state index contributed by atoms with van der Waals surface area (Å²) in [7, 11) is 1.78. The Balaban J connectivity index is 1.87. The van der Waals surface area contributed by atoms with E-state index in [2.05, 4.69) is 21.0 Å². The van der Waals surface area contributed by atoms with Gasteiger partial charge in [-0.3, -0.25) is 14.8 Å². The van der Waals surface area contributed by atoms with E-state index in [0.29, 0.717) is 22.5 Å². The number of nitro benzene ring substituents is 1. The number of aryl methyl sites for hydroxylation is 1. The minimum atomic E-state index is -0.414. The Labute approximate surface area is 153 Å². The second kappa shape index (κ2) is 7.48. The summed E-state index contributed by atoms with van der Waals surface area (Å²) in [5.41, 5.74) is 2.57. The van der Waals surface area contributed by atoms with Gasteiger partial charge in [0, 0.05) is 31.2 Å². The quantitative estimate of drug-likeness (QED) is 0.453. The van der Waals surface area contributed by atoms with Crippen LogP contribution in [0.4, 0.5) is 5.69 Å². The fraction of sp³-hybridized carbons (Fsp3) is 0.167. The maximum atomic E-state index is 11.1. The first-order valence-electron chi connectivity index (χ1n) is 7.69. The topological polar surface area (TPSA) is 70.2 Å². The highest BCUT2D eigenvalue weighted by atomic mass is 79.9. The highest BCUT2D eigenvalue weighted by Crippen LogP contribution is 2.34. The van der Waals surface area contributed by atoms with Crippen LogP contribution in [0.5, 0.6) is 5.75 Å². The van der Waals surface area contributed by atoms with Crippen LogP contribution in [-0.2, 0) is 13.5 Å². The van der Waals surface area contributed by atoms with Crippen molar-refractivity contribution in [3.8, 4) is 17.0 Å². The number of aromatic nitrogens is 2. The summed E-state index contributed by atoms with van der Waals surface area (Å²) in [4.78, 5) is 10.7. The van der Waals surface area contributed by atoms with Gasteiger partial charge >= 0.3 is 0 Å². The van der Waals surface area contributed by atoms with E-state index in [4.69, 9.17) is 4.74 Å². The third kappa shape index (κ3) is 4.06. The molecule has 0 aliphatic rings. The molecule has 0 unspecified atom stereocenters. The molecule has 0 atom stereocenters. The Kier molecular flexibility index (Phi) is 5.14. The number of nitro groups is 1. The Morgan fingerprint density at radius 2 is 1.96 bits per heavy atom. The van der Waals surface area contributed by atoms with E-state index in [9.17, 15) is 10.1 Å². The highest BCUT2D eigenvalue weighted by molar-refractivity contribution is 9.10. The zero-order valence-corrected chi connectivity index (χ0v) is 15.1. The summed E-state index contributed by atoms with van der Waals surface area (Å²) < 4.78 is 8.23. The molecule has 7 heteroatoms. The summed E-state index contributed by atoms with van der Waals surface area (Å²) in [5, 5.41) is 15.4. The summed E-state index contributed by atoms with van der Waals surface area (Å²) in [6.07, 6.45) is 0.756. The molecule has 128 valence electrons. The van der Waals surface area contributed by atoms with Crippen LogP contribution >= 0.6 is 15.9 Å². The molecule has 0 saturated carbocycles. The molecule has 3 aromatic rings. The molecule has 0 amide bonds. The lowest BCUT2D eigenvalue weighted by Crippen LogP contribution is -2.04. The van der Waals surface area contributed by atoms with Gasteiger partial charge in [0.1, 0.15) is 10.4 Å². The predicted molar refractivity (Wildman–Crippen MR) is 98.6 cm³/mol. The van der Waals surface area contributed by atoms with Gasteiger partial charge < -0.3 is 4.74 Å². The first-order valence-corrected chi connectivity index (χ1v) is 8.49. The lowest BCUT2D eigenvalue weighted by atomic mass is 10.1. The summed E-state index contributed by atoms with van der Waals surface area (Å²) in [6.45, 7) is 0.480. The minimum Gasteiger partial charge on any atom is -0.493 e. The van der Waals surface area contributed by atoms with E-state index in [1.54, 1.807) is 17.8 Å². The van der Waals surface area contributed by atoms with Gasteiger partial charge in [-0.15, -0.1) is 0 Å². The van der Waals surface area contributed by atoms with Crippen molar-refractivity contribution >= 4 is 21.6 Å². The van der Waals surface area contributed by atoms with Gasteiger partial charge in [-0.2, -0.15) is 5.10 Å². The Morgan fingerprint density at radius 1 is 1.20 bits per heavy atom. The smallest absolute Gasteiger partial charge is 0.270 e. The van der Waals surface area contributed by atoms with Crippen LogP contribution in [-0.4, -0.2) is 21.3 Å². The number of rotatable bonds is 6. The van der Waals surface area contributed by atoms with E-state index in [1.807, 2.05) is 36.4 Å². The van der Waals surface area contributed by atoms with Gasteiger partial charge in [-0.1, -0.05) is 30.3 Å². The molecule has 25 heavy (non-hydrogen) atoms. The third-order valence-corrected chi connectivity index (χ3v) is 4.18. The molecule has 0 spiro atoms. The molecule has 3 rings (SSSR count). The van der Waals surface area contributed by atoms with Crippen molar-refractivity contribution in [3.63, 3.8) is 0 Å². The third-order valence-electron chi connectivity index (χ3n) is 3.79. The van der Waals surface area contributed by atoms with Crippen molar-refractivity contribution in [2.75, 3.05) is 6.61 Å². The summed E-state index contributed by atoms with van der Waals surface area (Å²) in [6, 6.07) is 16.4. The molecule has 2 aromatic carbocycles. The molecular weight excluding hydrogens is 386 g/mol. The van der Waals surface area contributed by atoms with Crippen LogP contribution in [0, 0.1) is 10.1 Å². The first-order chi connectivity index (χ1) is 12.0. The van der Waals surface area contributed by atoms with E-state index >= 15 is 0 Å². The SMILES string of the molecule is Cn1nc(Br)cc1-c1cc([N+](=O)[O-])ccc1OCCc1ccccc1. The molecule has 0 saturated heterocycles. The molecule has 0 radical (unpaired) electrons.